The number of H-pyrrole nitrogens is 1. The molecule has 2 heterocycles. The lowest BCUT2D eigenvalue weighted by Gasteiger charge is -2.30. The molecule has 1 fully saturated rings. The van der Waals surface area contributed by atoms with Crippen LogP contribution in [0.4, 0.5) is 5.95 Å². The summed E-state index contributed by atoms with van der Waals surface area (Å²) in [6.07, 6.45) is 9.45. The van der Waals surface area contributed by atoms with E-state index in [0.29, 0.717) is 17.4 Å². The number of nitrogens with zero attached hydrogens (tertiary/aromatic N) is 5. The maximum atomic E-state index is 12.8. The predicted molar refractivity (Wildman–Crippen MR) is 115 cm³/mol. The fraction of sp³-hybridized carbons (Fsp3) is 0.762. The molecule has 156 valence electrons. The van der Waals surface area contributed by atoms with Gasteiger partial charge in [0.25, 0.3) is 5.56 Å². The minimum Gasteiger partial charge on any atom is -0.342 e. The molecule has 0 bridgehead atoms. The van der Waals surface area contributed by atoms with Crippen molar-refractivity contribution >= 4 is 17.0 Å². The van der Waals surface area contributed by atoms with Gasteiger partial charge >= 0.3 is 0 Å². The van der Waals surface area contributed by atoms with E-state index in [0.717, 1.165) is 50.1 Å². The minimum absolute atomic E-state index is 0.0846. The van der Waals surface area contributed by atoms with Crippen molar-refractivity contribution in [2.24, 2.45) is 13.0 Å². The first-order valence-corrected chi connectivity index (χ1v) is 10.8. The van der Waals surface area contributed by atoms with Gasteiger partial charge in [0.2, 0.25) is 5.95 Å². The second-order valence-corrected chi connectivity index (χ2v) is 8.51. The Morgan fingerprint density at radius 2 is 1.93 bits per heavy atom. The van der Waals surface area contributed by atoms with Crippen LogP contribution in [0.1, 0.15) is 57.6 Å². The van der Waals surface area contributed by atoms with E-state index in [1.54, 1.807) is 4.68 Å². The molecule has 1 N–H and O–H groups in total. The highest BCUT2D eigenvalue weighted by Gasteiger charge is 2.21. The lowest BCUT2D eigenvalue weighted by atomic mass is 9.89. The Balaban J connectivity index is 1.91. The van der Waals surface area contributed by atoms with E-state index >= 15 is 0 Å². The topological polar surface area (TPSA) is 70.1 Å². The van der Waals surface area contributed by atoms with E-state index in [4.69, 9.17) is 4.98 Å². The SMILES string of the molecule is CCCc1nn(C)c2c(=O)[nH]c(N(CCCN(C)C)CC3CCCCC3)nc12. The summed E-state index contributed by atoms with van der Waals surface area (Å²) < 4.78 is 1.67. The molecule has 7 heteroatoms. The van der Waals surface area contributed by atoms with Gasteiger partial charge in [0, 0.05) is 20.1 Å². The van der Waals surface area contributed by atoms with Crippen LogP contribution in [0.3, 0.4) is 0 Å². The average molecular weight is 389 g/mol. The van der Waals surface area contributed by atoms with Crippen molar-refractivity contribution in [3.63, 3.8) is 0 Å². The number of nitrogens with one attached hydrogen (secondary N) is 1. The Morgan fingerprint density at radius 1 is 1.18 bits per heavy atom. The predicted octanol–water partition coefficient (Wildman–Crippen LogP) is 2.95. The van der Waals surface area contributed by atoms with E-state index in [9.17, 15) is 4.79 Å². The van der Waals surface area contributed by atoms with E-state index in [2.05, 4.69) is 40.9 Å². The molecular formula is C21H36N6O. The molecule has 0 radical (unpaired) electrons. The molecule has 0 unspecified atom stereocenters. The monoisotopic (exact) mass is 388 g/mol. The van der Waals surface area contributed by atoms with Crippen LogP contribution in [0, 0.1) is 5.92 Å². The third-order valence-corrected chi connectivity index (χ3v) is 5.77. The standard InChI is InChI=1S/C21H36N6O/c1-5-10-17-18-19(26(4)24-17)20(28)23-21(22-18)27(14-9-13-25(2)3)15-16-11-7-6-8-12-16/h16H,5-15H2,1-4H3,(H,22,23,28). The molecule has 7 nitrogen and oxygen atoms in total. The van der Waals surface area contributed by atoms with E-state index < -0.39 is 0 Å². The van der Waals surface area contributed by atoms with E-state index in [1.807, 2.05) is 7.05 Å². The summed E-state index contributed by atoms with van der Waals surface area (Å²) in [4.78, 5) is 25.3. The van der Waals surface area contributed by atoms with Gasteiger partial charge in [-0.2, -0.15) is 5.10 Å². The number of rotatable bonds is 9. The highest BCUT2D eigenvalue weighted by molar-refractivity contribution is 5.77. The summed E-state index contributed by atoms with van der Waals surface area (Å²) in [6.45, 7) is 5.05. The van der Waals surface area contributed by atoms with Crippen molar-refractivity contribution in [3.05, 3.63) is 16.0 Å². The fourth-order valence-corrected chi connectivity index (χ4v) is 4.33. The largest absolute Gasteiger partial charge is 0.342 e. The Labute approximate surface area is 168 Å². The summed E-state index contributed by atoms with van der Waals surface area (Å²) in [6, 6.07) is 0. The summed E-state index contributed by atoms with van der Waals surface area (Å²) in [5.74, 6) is 1.41. The molecule has 1 aliphatic carbocycles. The van der Waals surface area contributed by atoms with Gasteiger partial charge in [-0.1, -0.05) is 32.6 Å². The third-order valence-electron chi connectivity index (χ3n) is 5.77. The first-order chi connectivity index (χ1) is 13.5. The van der Waals surface area contributed by atoms with Gasteiger partial charge in [-0.25, -0.2) is 4.98 Å². The van der Waals surface area contributed by atoms with Crippen molar-refractivity contribution in [2.45, 2.75) is 58.3 Å². The number of anilines is 1. The number of aromatic amines is 1. The first kappa shape index (κ1) is 20.8. The molecule has 2 aromatic heterocycles. The molecule has 0 saturated heterocycles. The molecule has 0 spiro atoms. The van der Waals surface area contributed by atoms with Crippen LogP contribution in [0.15, 0.2) is 4.79 Å². The van der Waals surface area contributed by atoms with Crippen LogP contribution in [-0.2, 0) is 13.5 Å². The second kappa shape index (κ2) is 9.54. The third kappa shape index (κ3) is 4.93. The smallest absolute Gasteiger partial charge is 0.278 e. The quantitative estimate of drug-likeness (QED) is 0.715. The van der Waals surface area contributed by atoms with Gasteiger partial charge in [-0.05, 0) is 52.2 Å². The number of hydrogen-bond donors (Lipinski definition) is 1. The Bertz CT molecular complexity index is 818. The molecule has 3 rings (SSSR count). The van der Waals surface area contributed by atoms with Crippen molar-refractivity contribution in [3.8, 4) is 0 Å². The van der Waals surface area contributed by atoms with Crippen LogP contribution in [0.5, 0.6) is 0 Å². The van der Waals surface area contributed by atoms with Gasteiger partial charge in [0.15, 0.2) is 5.52 Å². The van der Waals surface area contributed by atoms with Crippen molar-refractivity contribution in [1.29, 1.82) is 0 Å². The van der Waals surface area contributed by atoms with Crippen LogP contribution < -0.4 is 10.5 Å². The Morgan fingerprint density at radius 3 is 2.61 bits per heavy atom. The Kier molecular flexibility index (Phi) is 7.10. The summed E-state index contributed by atoms with van der Waals surface area (Å²) in [5.41, 5.74) is 2.19. The lowest BCUT2D eigenvalue weighted by Crippen LogP contribution is -2.35. The second-order valence-electron chi connectivity index (χ2n) is 8.51. The van der Waals surface area contributed by atoms with Crippen molar-refractivity contribution < 1.29 is 0 Å². The summed E-state index contributed by atoms with van der Waals surface area (Å²) in [5, 5.41) is 4.55. The number of hydrogen-bond acceptors (Lipinski definition) is 5. The highest BCUT2D eigenvalue weighted by Crippen LogP contribution is 2.26. The van der Waals surface area contributed by atoms with Gasteiger partial charge < -0.3 is 9.80 Å². The molecule has 0 amide bonds. The first-order valence-electron chi connectivity index (χ1n) is 10.8. The number of fused-ring (bicyclic) bond motifs is 1. The molecule has 1 aliphatic rings. The van der Waals surface area contributed by atoms with Crippen molar-refractivity contribution in [1.82, 2.24) is 24.6 Å². The van der Waals surface area contributed by atoms with Crippen LogP contribution >= 0.6 is 0 Å². The molecule has 0 aromatic carbocycles. The number of aryl methyl sites for hydroxylation is 2. The van der Waals surface area contributed by atoms with Crippen LogP contribution in [-0.4, -0.2) is 58.4 Å². The fourth-order valence-electron chi connectivity index (χ4n) is 4.33. The average Bonchev–Trinajstić information content (AvgIpc) is 2.98. The molecule has 2 aromatic rings. The zero-order chi connectivity index (χ0) is 20.1. The van der Waals surface area contributed by atoms with Gasteiger partial charge in [-0.15, -0.1) is 0 Å². The normalized spacial score (nSPS) is 15.6. The zero-order valence-electron chi connectivity index (χ0n) is 18.0. The molecule has 0 aliphatic heterocycles. The van der Waals surface area contributed by atoms with Crippen LogP contribution in [0.25, 0.3) is 11.0 Å². The van der Waals surface area contributed by atoms with Crippen LogP contribution in [0.2, 0.25) is 0 Å². The minimum atomic E-state index is -0.0846. The molecule has 1 saturated carbocycles. The molecule has 28 heavy (non-hydrogen) atoms. The van der Waals surface area contributed by atoms with Crippen molar-refractivity contribution in [2.75, 3.05) is 38.6 Å². The van der Waals surface area contributed by atoms with Gasteiger partial charge in [-0.3, -0.25) is 14.5 Å². The lowest BCUT2D eigenvalue weighted by molar-refractivity contribution is 0.350. The highest BCUT2D eigenvalue weighted by atomic mass is 16.1. The molecule has 0 atom stereocenters. The van der Waals surface area contributed by atoms with Gasteiger partial charge in [0.1, 0.15) is 5.52 Å². The van der Waals surface area contributed by atoms with E-state index in [1.165, 1.54) is 32.1 Å². The Hall–Kier alpha value is -1.89. The zero-order valence-corrected chi connectivity index (χ0v) is 18.0. The molecular weight excluding hydrogens is 352 g/mol. The van der Waals surface area contributed by atoms with E-state index in [-0.39, 0.29) is 5.56 Å². The maximum Gasteiger partial charge on any atom is 0.278 e. The summed E-state index contributed by atoms with van der Waals surface area (Å²) >= 11 is 0. The number of aromatic nitrogens is 4. The summed E-state index contributed by atoms with van der Waals surface area (Å²) in [7, 11) is 6.03. The van der Waals surface area contributed by atoms with Gasteiger partial charge in [0.05, 0.1) is 5.69 Å². The maximum absolute atomic E-state index is 12.8.